The fourth-order valence-corrected chi connectivity index (χ4v) is 3.07. The van der Waals surface area contributed by atoms with Gasteiger partial charge in [0.2, 0.25) is 0 Å². The molecule has 25 heavy (non-hydrogen) atoms. The molecule has 1 aliphatic rings. The lowest BCUT2D eigenvalue weighted by atomic mass is 10.1. The van der Waals surface area contributed by atoms with Gasteiger partial charge in [-0.25, -0.2) is 14.8 Å². The van der Waals surface area contributed by atoms with Crippen molar-refractivity contribution in [1.82, 2.24) is 25.6 Å². The summed E-state index contributed by atoms with van der Waals surface area (Å²) < 4.78 is 0. The van der Waals surface area contributed by atoms with Crippen LogP contribution in [-0.2, 0) is 0 Å². The van der Waals surface area contributed by atoms with Gasteiger partial charge in [0.25, 0.3) is 0 Å². The molecule has 3 heterocycles. The van der Waals surface area contributed by atoms with E-state index in [2.05, 4.69) is 30.5 Å². The van der Waals surface area contributed by atoms with Gasteiger partial charge in [0.05, 0.1) is 22.1 Å². The number of anilines is 1. The number of nitrogens with zero attached hydrogens (tertiary/aromatic N) is 3. The van der Waals surface area contributed by atoms with E-state index in [0.717, 1.165) is 28.2 Å². The van der Waals surface area contributed by atoms with Gasteiger partial charge in [0.1, 0.15) is 11.6 Å². The predicted molar refractivity (Wildman–Crippen MR) is 97.9 cm³/mol. The minimum absolute atomic E-state index is 0.118. The molecule has 3 N–H and O–H groups in total. The van der Waals surface area contributed by atoms with Crippen LogP contribution in [0.15, 0.2) is 36.5 Å². The van der Waals surface area contributed by atoms with Crippen LogP contribution in [0.1, 0.15) is 0 Å². The highest BCUT2D eigenvalue weighted by Crippen LogP contribution is 2.31. The number of hydrogen-bond donors (Lipinski definition) is 3. The van der Waals surface area contributed by atoms with E-state index < -0.39 is 0 Å². The molecule has 0 aliphatic carbocycles. The summed E-state index contributed by atoms with van der Waals surface area (Å²) in [6.07, 6.45) is 1.64. The highest BCUT2D eigenvalue weighted by Gasteiger charge is 2.29. The number of H-pyrrole nitrogens is 1. The molecule has 0 atom stereocenters. The molecule has 1 aromatic carbocycles. The highest BCUT2D eigenvalue weighted by molar-refractivity contribution is 6.33. The molecule has 2 amide bonds. The Kier molecular flexibility index (Phi) is 3.93. The van der Waals surface area contributed by atoms with E-state index in [1.165, 1.54) is 0 Å². The van der Waals surface area contributed by atoms with Crippen molar-refractivity contribution in [1.29, 1.82) is 0 Å². The molecule has 0 spiro atoms. The third kappa shape index (κ3) is 2.98. The van der Waals surface area contributed by atoms with E-state index >= 15 is 0 Å². The summed E-state index contributed by atoms with van der Waals surface area (Å²) >= 11 is 6.33. The largest absolute Gasteiger partial charge is 0.352 e. The van der Waals surface area contributed by atoms with Crippen molar-refractivity contribution in [2.24, 2.45) is 0 Å². The fraction of sp³-hybridized carbons (Fsp3) is 0.235. The average Bonchev–Trinajstić information content (AvgIpc) is 3.02. The number of carbonyl (C=O) groups is 1. The monoisotopic (exact) mass is 356 g/mol. The van der Waals surface area contributed by atoms with Crippen LogP contribution < -0.4 is 15.5 Å². The molecule has 1 aliphatic heterocycles. The number of pyridine rings is 1. The van der Waals surface area contributed by atoms with Gasteiger partial charge in [-0.05, 0) is 18.2 Å². The predicted octanol–water partition coefficient (Wildman–Crippen LogP) is 2.40. The number of carbonyl (C=O) groups excluding carboxylic acids is 1. The topological polar surface area (TPSA) is 85.9 Å². The summed E-state index contributed by atoms with van der Waals surface area (Å²) in [7, 11) is 1.60. The summed E-state index contributed by atoms with van der Waals surface area (Å²) in [4.78, 5) is 25.7. The Labute approximate surface area is 149 Å². The van der Waals surface area contributed by atoms with Crippen molar-refractivity contribution >= 4 is 34.5 Å². The van der Waals surface area contributed by atoms with Crippen LogP contribution in [0.5, 0.6) is 0 Å². The van der Waals surface area contributed by atoms with Crippen molar-refractivity contribution in [2.75, 3.05) is 25.0 Å². The lowest BCUT2D eigenvalue weighted by Gasteiger charge is -2.40. The first-order chi connectivity index (χ1) is 12.1. The summed E-state index contributed by atoms with van der Waals surface area (Å²) in [6, 6.07) is 9.72. The number of halogens is 1. The summed E-state index contributed by atoms with van der Waals surface area (Å²) in [6.45, 7) is 1.42. The minimum atomic E-state index is -0.170. The first kappa shape index (κ1) is 15.7. The van der Waals surface area contributed by atoms with E-state index in [9.17, 15) is 4.79 Å². The van der Waals surface area contributed by atoms with Crippen LogP contribution in [0, 0.1) is 0 Å². The molecule has 0 saturated carbocycles. The SMILES string of the molecule is CNC(=O)NC1CN(c2cc(-c3nc4ccccc4[nH]3)c(Cl)cn2)C1. The zero-order valence-electron chi connectivity index (χ0n) is 13.6. The number of amides is 2. The number of rotatable bonds is 3. The molecule has 2 aromatic heterocycles. The Bertz CT molecular complexity index is 901. The van der Waals surface area contributed by atoms with Crippen LogP contribution in [0.2, 0.25) is 5.02 Å². The van der Waals surface area contributed by atoms with Crippen LogP contribution in [0.25, 0.3) is 22.4 Å². The van der Waals surface area contributed by atoms with Crippen LogP contribution in [-0.4, -0.2) is 47.2 Å². The number of urea groups is 1. The minimum Gasteiger partial charge on any atom is -0.352 e. The molecular formula is C17H17ClN6O. The van der Waals surface area contributed by atoms with Gasteiger partial charge in [-0.2, -0.15) is 0 Å². The molecule has 128 valence electrons. The van der Waals surface area contributed by atoms with Gasteiger partial charge in [0.15, 0.2) is 0 Å². The van der Waals surface area contributed by atoms with Gasteiger partial charge in [-0.1, -0.05) is 23.7 Å². The number of nitrogens with one attached hydrogen (secondary N) is 3. The first-order valence-electron chi connectivity index (χ1n) is 7.98. The third-order valence-electron chi connectivity index (χ3n) is 4.25. The molecule has 0 unspecified atom stereocenters. The van der Waals surface area contributed by atoms with E-state index in [4.69, 9.17) is 11.6 Å². The van der Waals surface area contributed by atoms with Crippen molar-refractivity contribution in [3.05, 3.63) is 41.6 Å². The molecule has 0 radical (unpaired) electrons. The second-order valence-electron chi connectivity index (χ2n) is 5.95. The van der Waals surface area contributed by atoms with Crippen molar-refractivity contribution in [2.45, 2.75) is 6.04 Å². The Balaban J connectivity index is 1.56. The van der Waals surface area contributed by atoms with Crippen LogP contribution in [0.3, 0.4) is 0 Å². The highest BCUT2D eigenvalue weighted by atomic mass is 35.5. The van der Waals surface area contributed by atoms with Gasteiger partial charge in [-0.3, -0.25) is 0 Å². The van der Waals surface area contributed by atoms with Gasteiger partial charge < -0.3 is 20.5 Å². The lowest BCUT2D eigenvalue weighted by molar-refractivity contribution is 0.236. The second kappa shape index (κ2) is 6.25. The average molecular weight is 357 g/mol. The van der Waals surface area contributed by atoms with Gasteiger partial charge in [0, 0.05) is 31.9 Å². The molecule has 1 fully saturated rings. The molecule has 8 heteroatoms. The number of imidazole rings is 1. The third-order valence-corrected chi connectivity index (χ3v) is 4.55. The normalized spacial score (nSPS) is 14.4. The Morgan fingerprint density at radius 2 is 2.16 bits per heavy atom. The maximum Gasteiger partial charge on any atom is 0.314 e. The van der Waals surface area contributed by atoms with Crippen molar-refractivity contribution in [3.63, 3.8) is 0 Å². The number of benzene rings is 1. The van der Waals surface area contributed by atoms with Crippen molar-refractivity contribution < 1.29 is 4.79 Å². The summed E-state index contributed by atoms with van der Waals surface area (Å²) in [5.41, 5.74) is 2.67. The molecule has 3 aromatic rings. The lowest BCUT2D eigenvalue weighted by Crippen LogP contribution is -2.60. The zero-order chi connectivity index (χ0) is 17.4. The fourth-order valence-electron chi connectivity index (χ4n) is 2.88. The van der Waals surface area contributed by atoms with Gasteiger partial charge in [-0.15, -0.1) is 0 Å². The van der Waals surface area contributed by atoms with E-state index in [-0.39, 0.29) is 12.1 Å². The molecule has 1 saturated heterocycles. The summed E-state index contributed by atoms with van der Waals surface area (Å²) in [5, 5.41) is 5.98. The number of hydrogen-bond acceptors (Lipinski definition) is 4. The molecular weight excluding hydrogens is 340 g/mol. The maximum atomic E-state index is 11.3. The first-order valence-corrected chi connectivity index (χ1v) is 8.35. The number of fused-ring (bicyclic) bond motifs is 1. The smallest absolute Gasteiger partial charge is 0.314 e. The Morgan fingerprint density at radius 3 is 2.92 bits per heavy atom. The van der Waals surface area contributed by atoms with Crippen LogP contribution >= 0.6 is 11.6 Å². The van der Waals surface area contributed by atoms with Crippen molar-refractivity contribution in [3.8, 4) is 11.4 Å². The number of aromatic nitrogens is 3. The maximum absolute atomic E-state index is 11.3. The molecule has 7 nitrogen and oxygen atoms in total. The van der Waals surface area contributed by atoms with E-state index in [0.29, 0.717) is 18.1 Å². The number of aromatic amines is 1. The zero-order valence-corrected chi connectivity index (χ0v) is 14.3. The number of para-hydroxylation sites is 2. The standard InChI is InChI=1S/C17H17ClN6O/c1-19-17(25)21-10-8-24(9-10)15-6-11(12(18)7-20-15)16-22-13-4-2-3-5-14(13)23-16/h2-7,10H,8-9H2,1H3,(H,22,23)(H2,19,21,25). The molecule has 4 rings (SSSR count). The quantitative estimate of drug-likeness (QED) is 0.672. The Morgan fingerprint density at radius 1 is 1.36 bits per heavy atom. The van der Waals surface area contributed by atoms with Gasteiger partial charge >= 0.3 is 6.03 Å². The van der Waals surface area contributed by atoms with E-state index in [1.807, 2.05) is 30.3 Å². The van der Waals surface area contributed by atoms with E-state index in [1.54, 1.807) is 13.2 Å². The summed E-state index contributed by atoms with van der Waals surface area (Å²) in [5.74, 6) is 1.53. The second-order valence-corrected chi connectivity index (χ2v) is 6.36. The van der Waals surface area contributed by atoms with Crippen LogP contribution in [0.4, 0.5) is 10.6 Å². The molecule has 0 bridgehead atoms. The Hall–Kier alpha value is -2.80.